The monoisotopic (exact) mass is 546 g/mol. The van der Waals surface area contributed by atoms with Crippen LogP contribution in [0.1, 0.15) is 25.0 Å². The second-order valence-electron chi connectivity index (χ2n) is 12.5. The van der Waals surface area contributed by atoms with Gasteiger partial charge in [0.1, 0.15) is 0 Å². The lowest BCUT2D eigenvalue weighted by Crippen LogP contribution is -2.14. The smallest absolute Gasteiger partial charge is 0.0159 e. The summed E-state index contributed by atoms with van der Waals surface area (Å²) in [5.41, 5.74) is 10.7. The predicted molar refractivity (Wildman–Crippen MR) is 185 cm³/mol. The summed E-state index contributed by atoms with van der Waals surface area (Å²) in [5.74, 6) is 0. The highest BCUT2D eigenvalue weighted by Gasteiger charge is 2.36. The lowest BCUT2D eigenvalue weighted by Gasteiger charge is -2.22. The first-order valence-corrected chi connectivity index (χ1v) is 15.2. The van der Waals surface area contributed by atoms with Crippen molar-refractivity contribution in [2.24, 2.45) is 0 Å². The average molecular weight is 547 g/mol. The normalized spacial score (nSPS) is 13.5. The van der Waals surface area contributed by atoms with Crippen LogP contribution in [0.25, 0.3) is 76.5 Å². The molecule has 0 spiro atoms. The average Bonchev–Trinajstić information content (AvgIpc) is 3.30. The van der Waals surface area contributed by atoms with Gasteiger partial charge in [-0.25, -0.2) is 0 Å². The van der Waals surface area contributed by atoms with E-state index in [-0.39, 0.29) is 5.41 Å². The molecule has 8 aromatic carbocycles. The van der Waals surface area contributed by atoms with Gasteiger partial charge >= 0.3 is 0 Å². The molecule has 0 bridgehead atoms. The van der Waals surface area contributed by atoms with E-state index >= 15 is 0 Å². The van der Waals surface area contributed by atoms with Crippen LogP contribution in [0.3, 0.4) is 0 Å². The second kappa shape index (κ2) is 8.90. The van der Waals surface area contributed by atoms with Crippen molar-refractivity contribution in [1.82, 2.24) is 0 Å². The molecule has 1 aliphatic rings. The van der Waals surface area contributed by atoms with E-state index in [0.29, 0.717) is 0 Å². The Morgan fingerprint density at radius 1 is 0.349 bits per heavy atom. The van der Waals surface area contributed by atoms with Crippen molar-refractivity contribution < 1.29 is 0 Å². The Morgan fingerprint density at radius 2 is 0.837 bits per heavy atom. The van der Waals surface area contributed by atoms with Crippen LogP contribution in [0.5, 0.6) is 0 Å². The molecule has 0 unspecified atom stereocenters. The van der Waals surface area contributed by atoms with E-state index in [4.69, 9.17) is 0 Å². The van der Waals surface area contributed by atoms with Crippen molar-refractivity contribution in [2.75, 3.05) is 0 Å². The molecule has 0 nitrogen and oxygen atoms in total. The Balaban J connectivity index is 1.43. The lowest BCUT2D eigenvalue weighted by molar-refractivity contribution is 0.660. The van der Waals surface area contributed by atoms with E-state index in [1.807, 2.05) is 0 Å². The molecule has 0 fully saturated rings. The summed E-state index contributed by atoms with van der Waals surface area (Å²) in [5, 5.41) is 10.4. The van der Waals surface area contributed by atoms with Gasteiger partial charge < -0.3 is 0 Å². The molecule has 0 aromatic heterocycles. The summed E-state index contributed by atoms with van der Waals surface area (Å²) in [6, 6.07) is 54.1. The fraction of sp³-hybridized carbons (Fsp3) is 0.0698. The molecule has 1 aliphatic carbocycles. The summed E-state index contributed by atoms with van der Waals surface area (Å²) in [4.78, 5) is 0. The van der Waals surface area contributed by atoms with Gasteiger partial charge in [0.15, 0.2) is 0 Å². The van der Waals surface area contributed by atoms with Gasteiger partial charge in [0.2, 0.25) is 0 Å². The van der Waals surface area contributed by atoms with Gasteiger partial charge in [0.25, 0.3) is 0 Å². The molecule has 0 heteroatoms. The first kappa shape index (κ1) is 24.4. The SMILES string of the molecule is CC1(C)c2ccccc2-c2c(-c3cc4cc(-c5cccc6ccccc56)c5ccccc5c4c4ccccc34)cccc21. The van der Waals surface area contributed by atoms with Crippen LogP contribution < -0.4 is 0 Å². The highest BCUT2D eigenvalue weighted by Crippen LogP contribution is 2.53. The minimum atomic E-state index is -0.0354. The molecule has 202 valence electrons. The minimum absolute atomic E-state index is 0.0354. The van der Waals surface area contributed by atoms with Gasteiger partial charge in [0, 0.05) is 5.41 Å². The Bertz CT molecular complexity index is 2420. The molecular formula is C43H30. The molecule has 0 heterocycles. The highest BCUT2D eigenvalue weighted by molar-refractivity contribution is 6.26. The topological polar surface area (TPSA) is 0 Å². The van der Waals surface area contributed by atoms with Crippen LogP contribution in [0, 0.1) is 0 Å². The standard InChI is InChI=1S/C43H30/c1-43(2)39-23-10-9-20-36(39)42-35(22-12-24-40(42)43)38-26-28-25-37(30-21-11-14-27-13-3-4-15-29(27)30)31-16-5-7-18-33(31)41(28)34-19-8-6-17-32(34)38/h3-26H,1-2H3. The van der Waals surface area contributed by atoms with Gasteiger partial charge in [-0.2, -0.15) is 0 Å². The Hall–Kier alpha value is -5.20. The molecule has 0 aliphatic heterocycles. The molecule has 0 atom stereocenters. The fourth-order valence-electron chi connectivity index (χ4n) is 7.87. The van der Waals surface area contributed by atoms with Crippen molar-refractivity contribution in [3.63, 3.8) is 0 Å². The van der Waals surface area contributed by atoms with Crippen molar-refractivity contribution in [1.29, 1.82) is 0 Å². The maximum absolute atomic E-state index is 2.46. The zero-order chi connectivity index (χ0) is 28.7. The van der Waals surface area contributed by atoms with Crippen molar-refractivity contribution >= 4 is 43.1 Å². The number of hydrogen-bond acceptors (Lipinski definition) is 0. The third-order valence-corrected chi connectivity index (χ3v) is 9.84. The van der Waals surface area contributed by atoms with E-state index in [1.54, 1.807) is 0 Å². The summed E-state index contributed by atoms with van der Waals surface area (Å²) in [6.45, 7) is 4.73. The molecule has 0 saturated heterocycles. The molecule has 0 saturated carbocycles. The molecule has 0 amide bonds. The zero-order valence-electron chi connectivity index (χ0n) is 24.4. The van der Waals surface area contributed by atoms with E-state index < -0.39 is 0 Å². The highest BCUT2D eigenvalue weighted by atomic mass is 14.4. The molecule has 9 rings (SSSR count). The van der Waals surface area contributed by atoms with Crippen molar-refractivity contribution in [3.05, 3.63) is 157 Å². The van der Waals surface area contributed by atoms with E-state index in [0.717, 1.165) is 0 Å². The molecule has 8 aromatic rings. The molecule has 0 N–H and O–H groups in total. The van der Waals surface area contributed by atoms with Gasteiger partial charge in [-0.3, -0.25) is 0 Å². The molecule has 0 radical (unpaired) electrons. The van der Waals surface area contributed by atoms with Crippen molar-refractivity contribution in [2.45, 2.75) is 19.3 Å². The summed E-state index contributed by atoms with van der Waals surface area (Å²) in [6.07, 6.45) is 0. The second-order valence-corrected chi connectivity index (χ2v) is 12.5. The first-order valence-electron chi connectivity index (χ1n) is 15.2. The quantitative estimate of drug-likeness (QED) is 0.189. The third kappa shape index (κ3) is 3.38. The Labute approximate surface area is 251 Å². The maximum atomic E-state index is 2.46. The van der Waals surface area contributed by atoms with Gasteiger partial charge in [-0.1, -0.05) is 147 Å². The molecule has 43 heavy (non-hydrogen) atoms. The van der Waals surface area contributed by atoms with E-state index in [2.05, 4.69) is 159 Å². The van der Waals surface area contributed by atoms with Gasteiger partial charge in [-0.05, 0) is 99.7 Å². The number of rotatable bonds is 2. The number of fused-ring (bicyclic) bond motifs is 9. The van der Waals surface area contributed by atoms with Crippen LogP contribution in [0.2, 0.25) is 0 Å². The van der Waals surface area contributed by atoms with Crippen LogP contribution >= 0.6 is 0 Å². The minimum Gasteiger partial charge on any atom is -0.0619 e. The first-order chi connectivity index (χ1) is 21.1. The number of hydrogen-bond donors (Lipinski definition) is 0. The van der Waals surface area contributed by atoms with Crippen LogP contribution in [-0.4, -0.2) is 0 Å². The maximum Gasteiger partial charge on any atom is 0.0159 e. The van der Waals surface area contributed by atoms with Crippen molar-refractivity contribution in [3.8, 4) is 33.4 Å². The number of benzene rings is 8. The lowest BCUT2D eigenvalue weighted by atomic mass is 9.81. The summed E-state index contributed by atoms with van der Waals surface area (Å²) in [7, 11) is 0. The van der Waals surface area contributed by atoms with Crippen LogP contribution in [-0.2, 0) is 5.41 Å². The summed E-state index contributed by atoms with van der Waals surface area (Å²) < 4.78 is 0. The molecular weight excluding hydrogens is 516 g/mol. The fourth-order valence-corrected chi connectivity index (χ4v) is 7.87. The van der Waals surface area contributed by atoms with Gasteiger partial charge in [-0.15, -0.1) is 0 Å². The van der Waals surface area contributed by atoms with Crippen LogP contribution in [0.4, 0.5) is 0 Å². The Morgan fingerprint density at radius 3 is 1.58 bits per heavy atom. The van der Waals surface area contributed by atoms with Gasteiger partial charge in [0.05, 0.1) is 0 Å². The largest absolute Gasteiger partial charge is 0.0619 e. The Kier molecular flexibility index (Phi) is 5.05. The summed E-state index contributed by atoms with van der Waals surface area (Å²) >= 11 is 0. The third-order valence-electron chi connectivity index (χ3n) is 9.84. The van der Waals surface area contributed by atoms with E-state index in [1.165, 1.54) is 87.6 Å². The zero-order valence-corrected chi connectivity index (χ0v) is 24.4. The van der Waals surface area contributed by atoms with E-state index in [9.17, 15) is 0 Å². The van der Waals surface area contributed by atoms with Crippen LogP contribution in [0.15, 0.2) is 146 Å². The predicted octanol–water partition coefficient (Wildman–Crippen LogP) is 11.9.